The van der Waals surface area contributed by atoms with E-state index in [1.807, 2.05) is 25.1 Å². The number of benzene rings is 1. The molecule has 0 atom stereocenters. The molecule has 1 amide bonds. The van der Waals surface area contributed by atoms with Crippen molar-refractivity contribution in [1.82, 2.24) is 10.1 Å². The number of anilines is 1. The highest BCUT2D eigenvalue weighted by molar-refractivity contribution is 8.00. The summed E-state index contributed by atoms with van der Waals surface area (Å²) in [4.78, 5) is 39.2. The van der Waals surface area contributed by atoms with Gasteiger partial charge in [-0.05, 0) is 18.9 Å². The van der Waals surface area contributed by atoms with Crippen LogP contribution in [-0.2, 0) is 20.7 Å². The van der Waals surface area contributed by atoms with E-state index in [0.29, 0.717) is 17.1 Å². The van der Waals surface area contributed by atoms with Crippen LogP contribution in [0, 0.1) is 6.92 Å². The first-order valence-corrected chi connectivity index (χ1v) is 10.2. The zero-order valence-electron chi connectivity index (χ0n) is 16.1. The van der Waals surface area contributed by atoms with Crippen LogP contribution in [0.25, 0.3) is 10.9 Å². The maximum absolute atomic E-state index is 12.4. The maximum Gasteiger partial charge on any atom is 0.316 e. The fourth-order valence-corrected chi connectivity index (χ4v) is 3.45. The molecule has 9 heteroatoms. The van der Waals surface area contributed by atoms with Gasteiger partial charge in [0.2, 0.25) is 11.7 Å². The van der Waals surface area contributed by atoms with Gasteiger partial charge in [-0.15, -0.1) is 11.8 Å². The second-order valence-electron chi connectivity index (χ2n) is 6.34. The standard InChI is InChI=1S/C20H21N3O5S/c1-3-13-5-4-6-14-15(8-21-20(13)14)16(24)9-27-19(26)11-29-10-18(25)22-17-7-12(2)28-23-17/h4-8,21H,3,9-11H2,1-2H3,(H,22,23,25). The monoisotopic (exact) mass is 415 g/mol. The largest absolute Gasteiger partial charge is 0.457 e. The molecule has 0 aliphatic rings. The van der Waals surface area contributed by atoms with E-state index in [9.17, 15) is 14.4 Å². The summed E-state index contributed by atoms with van der Waals surface area (Å²) < 4.78 is 9.91. The molecule has 3 aromatic rings. The number of nitrogens with zero attached hydrogens (tertiary/aromatic N) is 1. The van der Waals surface area contributed by atoms with E-state index < -0.39 is 5.97 Å². The van der Waals surface area contributed by atoms with Crippen LogP contribution in [0.2, 0.25) is 0 Å². The molecular weight excluding hydrogens is 394 g/mol. The number of carbonyl (C=O) groups excluding carboxylic acids is 3. The second kappa shape index (κ2) is 9.42. The van der Waals surface area contributed by atoms with Crippen molar-refractivity contribution in [1.29, 1.82) is 0 Å². The molecule has 0 fully saturated rings. The first-order chi connectivity index (χ1) is 14.0. The number of hydrogen-bond acceptors (Lipinski definition) is 7. The molecule has 0 saturated heterocycles. The van der Waals surface area contributed by atoms with Gasteiger partial charge in [0.25, 0.3) is 0 Å². The summed E-state index contributed by atoms with van der Waals surface area (Å²) in [5.41, 5.74) is 2.54. The summed E-state index contributed by atoms with van der Waals surface area (Å²) in [6.45, 7) is 3.42. The number of ether oxygens (including phenoxy) is 1. The van der Waals surface area contributed by atoms with Crippen LogP contribution < -0.4 is 5.32 Å². The topological polar surface area (TPSA) is 114 Å². The summed E-state index contributed by atoms with van der Waals surface area (Å²) in [5.74, 6) is -0.209. The van der Waals surface area contributed by atoms with Crippen molar-refractivity contribution in [2.45, 2.75) is 20.3 Å². The van der Waals surface area contributed by atoms with E-state index in [2.05, 4.69) is 15.5 Å². The summed E-state index contributed by atoms with van der Waals surface area (Å²) in [7, 11) is 0. The highest BCUT2D eigenvalue weighted by atomic mass is 32.2. The van der Waals surface area contributed by atoms with Gasteiger partial charge in [-0.2, -0.15) is 0 Å². The molecule has 0 saturated carbocycles. The lowest BCUT2D eigenvalue weighted by Gasteiger charge is -2.05. The quantitative estimate of drug-likeness (QED) is 0.408. The number of H-pyrrole nitrogens is 1. The predicted molar refractivity (Wildman–Crippen MR) is 110 cm³/mol. The number of ketones is 1. The SMILES string of the molecule is CCc1cccc2c(C(=O)COC(=O)CSCC(=O)Nc3cc(C)on3)c[nH]c12. The van der Waals surface area contributed by atoms with Gasteiger partial charge in [0.15, 0.2) is 12.4 Å². The molecule has 0 unspecified atom stereocenters. The molecule has 2 N–H and O–H groups in total. The lowest BCUT2D eigenvalue weighted by molar-refractivity contribution is -0.139. The van der Waals surface area contributed by atoms with E-state index >= 15 is 0 Å². The van der Waals surface area contributed by atoms with Crippen molar-refractivity contribution < 1.29 is 23.6 Å². The summed E-state index contributed by atoms with van der Waals surface area (Å²) >= 11 is 1.09. The van der Waals surface area contributed by atoms with Gasteiger partial charge in [-0.1, -0.05) is 30.3 Å². The van der Waals surface area contributed by atoms with E-state index in [1.165, 1.54) is 0 Å². The number of esters is 1. The van der Waals surface area contributed by atoms with Gasteiger partial charge in [0.05, 0.1) is 11.5 Å². The molecule has 2 aromatic heterocycles. The van der Waals surface area contributed by atoms with Crippen LogP contribution in [0.1, 0.15) is 28.6 Å². The van der Waals surface area contributed by atoms with Gasteiger partial charge < -0.3 is 19.6 Å². The van der Waals surface area contributed by atoms with Gasteiger partial charge in [0.1, 0.15) is 5.76 Å². The number of aromatic amines is 1. The average Bonchev–Trinajstić information content (AvgIpc) is 3.31. The van der Waals surface area contributed by atoms with Gasteiger partial charge in [-0.3, -0.25) is 14.4 Å². The van der Waals surface area contributed by atoms with Gasteiger partial charge in [0, 0.05) is 28.7 Å². The Morgan fingerprint density at radius 3 is 2.83 bits per heavy atom. The molecule has 152 valence electrons. The Bertz CT molecular complexity index is 1040. The van der Waals surface area contributed by atoms with E-state index in [-0.39, 0.29) is 29.8 Å². The fourth-order valence-electron chi connectivity index (χ4n) is 2.84. The van der Waals surface area contributed by atoms with Crippen molar-refractivity contribution in [3.63, 3.8) is 0 Å². The molecule has 0 bridgehead atoms. The number of para-hydroxylation sites is 1. The van der Waals surface area contributed by atoms with E-state index in [1.54, 1.807) is 19.2 Å². The molecule has 3 rings (SSSR count). The molecule has 0 aliphatic carbocycles. The number of fused-ring (bicyclic) bond motifs is 1. The predicted octanol–water partition coefficient (Wildman–Crippen LogP) is 3.12. The number of hydrogen-bond donors (Lipinski definition) is 2. The smallest absolute Gasteiger partial charge is 0.316 e. The molecule has 0 spiro atoms. The zero-order chi connectivity index (χ0) is 20.8. The third-order valence-corrected chi connectivity index (χ3v) is 5.10. The van der Waals surface area contributed by atoms with Gasteiger partial charge >= 0.3 is 5.97 Å². The number of rotatable bonds is 9. The van der Waals surface area contributed by atoms with Crippen molar-refractivity contribution in [2.75, 3.05) is 23.4 Å². The summed E-state index contributed by atoms with van der Waals surface area (Å²) in [6, 6.07) is 7.37. The first kappa shape index (κ1) is 20.7. The number of carbonyl (C=O) groups is 3. The number of thioether (sulfide) groups is 1. The Morgan fingerprint density at radius 1 is 1.28 bits per heavy atom. The zero-order valence-corrected chi connectivity index (χ0v) is 16.9. The molecule has 2 heterocycles. The van der Waals surface area contributed by atoms with Gasteiger partial charge in [-0.25, -0.2) is 0 Å². The van der Waals surface area contributed by atoms with Crippen LogP contribution in [0.5, 0.6) is 0 Å². The lowest BCUT2D eigenvalue weighted by atomic mass is 10.1. The van der Waals surface area contributed by atoms with Crippen LogP contribution >= 0.6 is 11.8 Å². The van der Waals surface area contributed by atoms with Crippen LogP contribution in [-0.4, -0.2) is 45.9 Å². The molecule has 0 radical (unpaired) electrons. The van der Waals surface area contributed by atoms with Crippen LogP contribution in [0.3, 0.4) is 0 Å². The molecule has 8 nitrogen and oxygen atoms in total. The lowest BCUT2D eigenvalue weighted by Crippen LogP contribution is -2.18. The van der Waals surface area contributed by atoms with Crippen molar-refractivity contribution in [3.05, 3.63) is 47.3 Å². The Labute approximate surface area is 171 Å². The number of amides is 1. The third-order valence-electron chi connectivity index (χ3n) is 4.20. The number of aryl methyl sites for hydroxylation is 2. The fraction of sp³-hybridized carbons (Fsp3) is 0.300. The molecular formula is C20H21N3O5S. The molecule has 1 aromatic carbocycles. The van der Waals surface area contributed by atoms with Crippen LogP contribution in [0.15, 0.2) is 35.0 Å². The maximum atomic E-state index is 12.4. The molecule has 0 aliphatic heterocycles. The number of Topliss-reactive ketones (excluding diaryl/α,β-unsaturated/α-hetero) is 1. The molecule has 29 heavy (non-hydrogen) atoms. The minimum absolute atomic E-state index is 0.0353. The van der Waals surface area contributed by atoms with Crippen molar-refractivity contribution in [3.8, 4) is 0 Å². The van der Waals surface area contributed by atoms with E-state index in [4.69, 9.17) is 9.26 Å². The normalized spacial score (nSPS) is 10.8. The average molecular weight is 415 g/mol. The number of aromatic nitrogens is 2. The Morgan fingerprint density at radius 2 is 2.10 bits per heavy atom. The summed E-state index contributed by atoms with van der Waals surface area (Å²) in [6.07, 6.45) is 2.49. The van der Waals surface area contributed by atoms with Crippen LogP contribution in [0.4, 0.5) is 5.82 Å². The minimum Gasteiger partial charge on any atom is -0.457 e. The number of nitrogens with one attached hydrogen (secondary N) is 2. The Balaban J connectivity index is 1.43. The van der Waals surface area contributed by atoms with Crippen molar-refractivity contribution in [2.24, 2.45) is 0 Å². The Hall–Kier alpha value is -3.07. The first-order valence-electron chi connectivity index (χ1n) is 9.06. The van der Waals surface area contributed by atoms with Crippen molar-refractivity contribution >= 4 is 46.1 Å². The second-order valence-corrected chi connectivity index (χ2v) is 7.33. The Kier molecular flexibility index (Phi) is 6.71. The van der Waals surface area contributed by atoms with E-state index in [0.717, 1.165) is 34.6 Å². The highest BCUT2D eigenvalue weighted by Gasteiger charge is 2.16. The third kappa shape index (κ3) is 5.26. The minimum atomic E-state index is -0.553. The summed E-state index contributed by atoms with van der Waals surface area (Å²) in [5, 5.41) is 7.03. The highest BCUT2D eigenvalue weighted by Crippen LogP contribution is 2.22.